The highest BCUT2D eigenvalue weighted by Gasteiger charge is 2.12. The van der Waals surface area contributed by atoms with Crippen molar-refractivity contribution in [1.82, 2.24) is 0 Å². The molecule has 0 fully saturated rings. The third-order valence-corrected chi connectivity index (χ3v) is 3.86. The molecule has 1 N–H and O–H groups in total. The van der Waals surface area contributed by atoms with E-state index >= 15 is 0 Å². The predicted octanol–water partition coefficient (Wildman–Crippen LogP) is 4.23. The van der Waals surface area contributed by atoms with Crippen LogP contribution in [0.5, 0.6) is 5.75 Å². The van der Waals surface area contributed by atoms with E-state index in [-0.39, 0.29) is 0 Å². The summed E-state index contributed by atoms with van der Waals surface area (Å²) < 4.78 is 6.43. The van der Waals surface area contributed by atoms with Crippen LogP contribution in [0.3, 0.4) is 0 Å². The van der Waals surface area contributed by atoms with Crippen molar-refractivity contribution in [1.29, 1.82) is 0 Å². The molecule has 0 saturated heterocycles. The maximum Gasteiger partial charge on any atom is 0.122 e. The van der Waals surface area contributed by atoms with E-state index in [0.29, 0.717) is 11.4 Å². The number of hydrogen-bond donors (Lipinski definition) is 1. The Morgan fingerprint density at radius 2 is 1.89 bits per heavy atom. The average Bonchev–Trinajstić information content (AvgIpc) is 2.39. The van der Waals surface area contributed by atoms with Crippen molar-refractivity contribution in [2.75, 3.05) is 7.11 Å². The third-order valence-electron chi connectivity index (χ3n) is 2.91. The fraction of sp³-hybridized carbons (Fsp3) is 0.200. The van der Waals surface area contributed by atoms with Gasteiger partial charge in [-0.05, 0) is 64.0 Å². The minimum atomic E-state index is -0.565. The van der Waals surface area contributed by atoms with E-state index in [9.17, 15) is 5.11 Å². The van der Waals surface area contributed by atoms with E-state index < -0.39 is 6.10 Å². The summed E-state index contributed by atoms with van der Waals surface area (Å²) in [6, 6.07) is 13.3. The topological polar surface area (TPSA) is 29.5 Å². The zero-order valence-electron chi connectivity index (χ0n) is 10.4. The van der Waals surface area contributed by atoms with Crippen molar-refractivity contribution in [3.05, 3.63) is 62.2 Å². The molecule has 0 aliphatic carbocycles. The molecule has 0 heterocycles. The van der Waals surface area contributed by atoms with Gasteiger partial charge < -0.3 is 9.84 Å². The normalized spacial score (nSPS) is 12.2. The Kier molecular flexibility index (Phi) is 5.07. The van der Waals surface area contributed by atoms with Gasteiger partial charge in [-0.1, -0.05) is 23.7 Å². The summed E-state index contributed by atoms with van der Waals surface area (Å²) in [5.74, 6) is 0.744. The number of halogens is 2. The minimum Gasteiger partial charge on any atom is -0.496 e. The summed E-state index contributed by atoms with van der Waals surface area (Å²) in [5.41, 5.74) is 1.79. The fourth-order valence-corrected chi connectivity index (χ4v) is 2.47. The minimum absolute atomic E-state index is 0.477. The number of aliphatic hydroxyl groups excluding tert-OH is 1. The standard InChI is InChI=1S/C15H14ClIO2/c1-19-15-7-4-12(16)8-11(15)9-14(18)10-2-5-13(17)6-3-10/h2-8,14,18H,9H2,1H3. The van der Waals surface area contributed by atoms with E-state index in [4.69, 9.17) is 16.3 Å². The van der Waals surface area contributed by atoms with Crippen LogP contribution < -0.4 is 4.74 Å². The molecule has 4 heteroatoms. The highest BCUT2D eigenvalue weighted by molar-refractivity contribution is 14.1. The SMILES string of the molecule is COc1ccc(Cl)cc1CC(O)c1ccc(I)cc1. The molecule has 0 aliphatic heterocycles. The third kappa shape index (κ3) is 3.84. The molecule has 19 heavy (non-hydrogen) atoms. The quantitative estimate of drug-likeness (QED) is 0.794. The first kappa shape index (κ1) is 14.6. The molecule has 2 nitrogen and oxygen atoms in total. The molecular formula is C15H14ClIO2. The number of methoxy groups -OCH3 is 1. The lowest BCUT2D eigenvalue weighted by Gasteiger charge is -2.14. The first-order valence-corrected chi connectivity index (χ1v) is 7.32. The van der Waals surface area contributed by atoms with Gasteiger partial charge in [-0.25, -0.2) is 0 Å². The van der Waals surface area contributed by atoms with Gasteiger partial charge >= 0.3 is 0 Å². The maximum atomic E-state index is 10.3. The summed E-state index contributed by atoms with van der Waals surface area (Å²) in [4.78, 5) is 0. The van der Waals surface area contributed by atoms with Gasteiger partial charge in [-0.2, -0.15) is 0 Å². The molecule has 1 atom stereocenters. The van der Waals surface area contributed by atoms with Gasteiger partial charge in [0, 0.05) is 15.0 Å². The summed E-state index contributed by atoms with van der Waals surface area (Å²) in [6.07, 6.45) is -0.0889. The van der Waals surface area contributed by atoms with Crippen molar-refractivity contribution in [2.45, 2.75) is 12.5 Å². The van der Waals surface area contributed by atoms with Crippen LogP contribution in [0.4, 0.5) is 0 Å². The van der Waals surface area contributed by atoms with Gasteiger partial charge in [0.15, 0.2) is 0 Å². The summed E-state index contributed by atoms with van der Waals surface area (Å²) >= 11 is 8.23. The molecule has 1 unspecified atom stereocenters. The molecule has 0 aliphatic rings. The van der Waals surface area contributed by atoms with Crippen LogP contribution in [0.15, 0.2) is 42.5 Å². The van der Waals surface area contributed by atoms with Crippen LogP contribution in [0.1, 0.15) is 17.2 Å². The van der Waals surface area contributed by atoms with Crippen molar-refractivity contribution in [3.63, 3.8) is 0 Å². The summed E-state index contributed by atoms with van der Waals surface area (Å²) in [7, 11) is 1.62. The lowest BCUT2D eigenvalue weighted by atomic mass is 10.0. The van der Waals surface area contributed by atoms with Crippen LogP contribution in [0, 0.1) is 3.57 Å². The summed E-state index contributed by atoms with van der Waals surface area (Å²) in [6.45, 7) is 0. The molecule has 2 aromatic rings. The molecule has 0 radical (unpaired) electrons. The molecule has 0 amide bonds. The molecule has 0 saturated carbocycles. The Hall–Kier alpha value is -0.780. The van der Waals surface area contributed by atoms with E-state index in [1.807, 2.05) is 36.4 Å². The first-order chi connectivity index (χ1) is 9.10. The maximum absolute atomic E-state index is 10.3. The summed E-state index contributed by atoms with van der Waals surface area (Å²) in [5, 5.41) is 10.9. The van der Waals surface area contributed by atoms with E-state index in [1.165, 1.54) is 0 Å². The molecule has 0 spiro atoms. The largest absolute Gasteiger partial charge is 0.496 e. The average molecular weight is 389 g/mol. The van der Waals surface area contributed by atoms with Crippen LogP contribution in [0.2, 0.25) is 5.02 Å². The van der Waals surface area contributed by atoms with Crippen molar-refractivity contribution >= 4 is 34.2 Å². The Labute approximate surface area is 131 Å². The second-order valence-corrected chi connectivity index (χ2v) is 5.91. The number of benzene rings is 2. The predicted molar refractivity (Wildman–Crippen MR) is 85.8 cm³/mol. The molecule has 0 aromatic heterocycles. The van der Waals surface area contributed by atoms with Gasteiger partial charge in [0.25, 0.3) is 0 Å². The Bertz CT molecular complexity index is 555. The van der Waals surface area contributed by atoms with Crippen LogP contribution >= 0.6 is 34.2 Å². The number of rotatable bonds is 4. The fourth-order valence-electron chi connectivity index (χ4n) is 1.92. The van der Waals surface area contributed by atoms with Crippen molar-refractivity contribution < 1.29 is 9.84 Å². The highest BCUT2D eigenvalue weighted by atomic mass is 127. The Morgan fingerprint density at radius 1 is 1.21 bits per heavy atom. The zero-order chi connectivity index (χ0) is 13.8. The van der Waals surface area contributed by atoms with Crippen molar-refractivity contribution in [2.24, 2.45) is 0 Å². The number of ether oxygens (including phenoxy) is 1. The molecule has 100 valence electrons. The number of aliphatic hydroxyl groups is 1. The molecule has 0 bridgehead atoms. The first-order valence-electron chi connectivity index (χ1n) is 5.86. The molecule has 2 aromatic carbocycles. The number of hydrogen-bond acceptors (Lipinski definition) is 2. The second-order valence-electron chi connectivity index (χ2n) is 4.23. The zero-order valence-corrected chi connectivity index (χ0v) is 13.4. The van der Waals surface area contributed by atoms with E-state index in [1.54, 1.807) is 13.2 Å². The lowest BCUT2D eigenvalue weighted by molar-refractivity contribution is 0.177. The Morgan fingerprint density at radius 3 is 2.53 bits per heavy atom. The smallest absolute Gasteiger partial charge is 0.122 e. The van der Waals surface area contributed by atoms with Crippen LogP contribution in [-0.2, 0) is 6.42 Å². The van der Waals surface area contributed by atoms with E-state index in [0.717, 1.165) is 20.4 Å². The van der Waals surface area contributed by atoms with Gasteiger partial charge in [-0.3, -0.25) is 0 Å². The van der Waals surface area contributed by atoms with Gasteiger partial charge in [0.05, 0.1) is 13.2 Å². The Balaban J connectivity index is 2.20. The molecular weight excluding hydrogens is 375 g/mol. The van der Waals surface area contributed by atoms with Gasteiger partial charge in [0.1, 0.15) is 5.75 Å². The highest BCUT2D eigenvalue weighted by Crippen LogP contribution is 2.28. The van der Waals surface area contributed by atoms with Gasteiger partial charge in [0.2, 0.25) is 0 Å². The lowest BCUT2D eigenvalue weighted by Crippen LogP contribution is -2.03. The molecule has 2 rings (SSSR count). The van der Waals surface area contributed by atoms with Crippen molar-refractivity contribution in [3.8, 4) is 5.75 Å². The van der Waals surface area contributed by atoms with E-state index in [2.05, 4.69) is 22.6 Å². The van der Waals surface area contributed by atoms with Crippen LogP contribution in [0.25, 0.3) is 0 Å². The van der Waals surface area contributed by atoms with Gasteiger partial charge in [-0.15, -0.1) is 0 Å². The monoisotopic (exact) mass is 388 g/mol. The second kappa shape index (κ2) is 6.59. The van der Waals surface area contributed by atoms with Crippen LogP contribution in [-0.4, -0.2) is 12.2 Å².